The number of aliphatic hydroxyl groups is 1. The van der Waals surface area contributed by atoms with Gasteiger partial charge in [0.2, 0.25) is 0 Å². The second kappa shape index (κ2) is 56.8. The van der Waals surface area contributed by atoms with E-state index in [9.17, 15) is 43.2 Å². The lowest BCUT2D eigenvalue weighted by atomic mass is 10.0. The van der Waals surface area contributed by atoms with Gasteiger partial charge in [0.15, 0.2) is 12.2 Å². The van der Waals surface area contributed by atoms with Gasteiger partial charge >= 0.3 is 39.5 Å². The first-order valence-electron chi connectivity index (χ1n) is 33.1. The predicted octanol–water partition coefficient (Wildman–Crippen LogP) is 17.4. The third-order valence-corrected chi connectivity index (χ3v) is 16.4. The van der Waals surface area contributed by atoms with Crippen molar-refractivity contribution in [2.24, 2.45) is 5.92 Å². The highest BCUT2D eigenvalue weighted by Gasteiger charge is 2.30. The summed E-state index contributed by atoms with van der Waals surface area (Å²) in [7, 11) is -9.88. The van der Waals surface area contributed by atoms with Gasteiger partial charge in [-0.15, -0.1) is 0 Å². The Morgan fingerprint density at radius 2 is 0.561 bits per heavy atom. The molecular formula is C63H122O17P2. The molecule has 0 bridgehead atoms. The van der Waals surface area contributed by atoms with Crippen LogP contribution < -0.4 is 0 Å². The quantitative estimate of drug-likeness (QED) is 0.0222. The molecule has 2 unspecified atom stereocenters. The Balaban J connectivity index is 5.21. The third kappa shape index (κ3) is 57.2. The van der Waals surface area contributed by atoms with Crippen molar-refractivity contribution in [3.63, 3.8) is 0 Å². The van der Waals surface area contributed by atoms with Crippen molar-refractivity contribution in [1.29, 1.82) is 0 Å². The van der Waals surface area contributed by atoms with E-state index >= 15 is 0 Å². The Labute approximate surface area is 498 Å². The highest BCUT2D eigenvalue weighted by molar-refractivity contribution is 7.47. The molecule has 0 aliphatic rings. The number of hydrogen-bond acceptors (Lipinski definition) is 15. The zero-order valence-electron chi connectivity index (χ0n) is 52.6. The second-order valence-corrected chi connectivity index (χ2v) is 26.2. The molecule has 19 heteroatoms. The number of carbonyl (C=O) groups is 4. The number of rotatable bonds is 63. The molecule has 0 heterocycles. The Morgan fingerprint density at radius 1 is 0.329 bits per heavy atom. The first-order chi connectivity index (χ1) is 39.5. The van der Waals surface area contributed by atoms with E-state index in [0.717, 1.165) is 103 Å². The molecule has 0 saturated carbocycles. The number of carbonyl (C=O) groups excluding carboxylic acids is 4. The Kier molecular flexibility index (Phi) is 55.5. The Hall–Kier alpha value is -1.94. The van der Waals surface area contributed by atoms with Gasteiger partial charge < -0.3 is 33.8 Å². The fourth-order valence-corrected chi connectivity index (χ4v) is 11.0. The van der Waals surface area contributed by atoms with Crippen LogP contribution in [0.5, 0.6) is 0 Å². The largest absolute Gasteiger partial charge is 0.472 e. The minimum Gasteiger partial charge on any atom is -0.462 e. The Morgan fingerprint density at radius 3 is 0.829 bits per heavy atom. The number of unbranched alkanes of at least 4 members (excludes halogenated alkanes) is 35. The van der Waals surface area contributed by atoms with Crippen molar-refractivity contribution in [2.45, 2.75) is 335 Å². The molecule has 17 nitrogen and oxygen atoms in total. The lowest BCUT2D eigenvalue weighted by molar-refractivity contribution is -0.161. The number of ether oxygens (including phenoxy) is 4. The molecule has 0 fully saturated rings. The van der Waals surface area contributed by atoms with Crippen molar-refractivity contribution in [2.75, 3.05) is 39.6 Å². The topological polar surface area (TPSA) is 237 Å². The molecule has 0 aromatic carbocycles. The molecular weight excluding hydrogens is 1090 g/mol. The maximum Gasteiger partial charge on any atom is 0.472 e. The van der Waals surface area contributed by atoms with Crippen molar-refractivity contribution in [3.8, 4) is 0 Å². The van der Waals surface area contributed by atoms with Gasteiger partial charge in [0, 0.05) is 25.7 Å². The van der Waals surface area contributed by atoms with Crippen LogP contribution in [0.2, 0.25) is 0 Å². The summed E-state index contributed by atoms with van der Waals surface area (Å²) in [5.41, 5.74) is 0. The standard InChI is InChI=1S/C63H122O17P2/c1-6-9-12-15-18-20-22-24-26-28-33-38-43-48-62(67)79-59(53-74-61(66)47-42-37-32-27-25-23-21-19-16-13-10-7-2)55-78-82(71,72)76-51-57(64)50-75-81(69,70)77-54-58(52-73-60(65)46-41-36-30-17-14-11-8-3)80-63(68)49-44-39-34-29-31-35-40-45-56(4)5/h56-59,64H,6-55H2,1-5H3,(H,69,70)(H,71,72)/t57-,58+,59+/m0/s1. The molecule has 0 aromatic heterocycles. The fourth-order valence-electron chi connectivity index (χ4n) is 9.41. The lowest BCUT2D eigenvalue weighted by Crippen LogP contribution is -2.30. The SMILES string of the molecule is CCCCCCCCCCCCCCCC(=O)O[C@H](COC(=O)CCCCCCCCCCCCCC)COP(=O)(O)OC[C@@H](O)COP(=O)(O)OC[C@@H](COC(=O)CCCCCCCCC)OC(=O)CCCCCCCCCC(C)C. The summed E-state index contributed by atoms with van der Waals surface area (Å²) in [6, 6.07) is 0. The highest BCUT2D eigenvalue weighted by Crippen LogP contribution is 2.45. The number of phosphoric ester groups is 2. The third-order valence-electron chi connectivity index (χ3n) is 14.5. The van der Waals surface area contributed by atoms with E-state index in [2.05, 4.69) is 34.6 Å². The van der Waals surface area contributed by atoms with Crippen LogP contribution in [0.4, 0.5) is 0 Å². The summed E-state index contributed by atoms with van der Waals surface area (Å²) in [5, 5.41) is 10.5. The lowest BCUT2D eigenvalue weighted by Gasteiger charge is -2.21. The van der Waals surface area contributed by atoms with Gasteiger partial charge in [0.1, 0.15) is 19.3 Å². The molecule has 5 atom stereocenters. The molecule has 0 rings (SSSR count). The van der Waals surface area contributed by atoms with Crippen LogP contribution in [0.15, 0.2) is 0 Å². The molecule has 0 aromatic rings. The molecule has 0 saturated heterocycles. The normalized spacial score (nSPS) is 14.3. The zero-order valence-corrected chi connectivity index (χ0v) is 54.4. The van der Waals surface area contributed by atoms with Crippen LogP contribution in [0.25, 0.3) is 0 Å². The van der Waals surface area contributed by atoms with E-state index in [1.54, 1.807) is 0 Å². The fraction of sp³-hybridized carbons (Fsp3) is 0.937. The van der Waals surface area contributed by atoms with E-state index in [0.29, 0.717) is 31.6 Å². The molecule has 0 aliphatic heterocycles. The van der Waals surface area contributed by atoms with Crippen LogP contribution in [0, 0.1) is 5.92 Å². The summed E-state index contributed by atoms with van der Waals surface area (Å²) >= 11 is 0. The predicted molar refractivity (Wildman–Crippen MR) is 326 cm³/mol. The van der Waals surface area contributed by atoms with E-state index in [-0.39, 0.29) is 25.7 Å². The van der Waals surface area contributed by atoms with E-state index < -0.39 is 97.5 Å². The van der Waals surface area contributed by atoms with Crippen LogP contribution >= 0.6 is 15.6 Å². The van der Waals surface area contributed by atoms with Gasteiger partial charge in [-0.3, -0.25) is 37.3 Å². The first-order valence-corrected chi connectivity index (χ1v) is 36.1. The maximum atomic E-state index is 13.0. The summed E-state index contributed by atoms with van der Waals surface area (Å²) < 4.78 is 67.9. The van der Waals surface area contributed by atoms with Gasteiger partial charge in [-0.05, 0) is 31.6 Å². The van der Waals surface area contributed by atoms with Gasteiger partial charge in [-0.1, -0.05) is 266 Å². The minimum atomic E-state index is -4.94. The van der Waals surface area contributed by atoms with Crippen LogP contribution in [-0.4, -0.2) is 96.7 Å². The summed E-state index contributed by atoms with van der Waals surface area (Å²) in [6.45, 7) is 7.09. The number of esters is 4. The molecule has 0 aliphatic carbocycles. The minimum absolute atomic E-state index is 0.103. The number of phosphoric acid groups is 2. The zero-order chi connectivity index (χ0) is 60.6. The maximum absolute atomic E-state index is 13.0. The summed E-state index contributed by atoms with van der Waals surface area (Å²) in [6.07, 6.45) is 40.4. The highest BCUT2D eigenvalue weighted by atomic mass is 31.2. The number of aliphatic hydroxyl groups excluding tert-OH is 1. The van der Waals surface area contributed by atoms with Crippen molar-refractivity contribution >= 4 is 39.5 Å². The monoisotopic (exact) mass is 1210 g/mol. The average Bonchev–Trinajstić information content (AvgIpc) is 3.45. The first kappa shape index (κ1) is 80.1. The molecule has 3 N–H and O–H groups in total. The van der Waals surface area contributed by atoms with Gasteiger partial charge in [-0.2, -0.15) is 0 Å². The van der Waals surface area contributed by atoms with Crippen molar-refractivity contribution in [1.82, 2.24) is 0 Å². The van der Waals surface area contributed by atoms with Gasteiger partial charge in [0.25, 0.3) is 0 Å². The molecule has 0 radical (unpaired) electrons. The van der Waals surface area contributed by atoms with Gasteiger partial charge in [0.05, 0.1) is 26.4 Å². The average molecular weight is 1210 g/mol. The molecule has 0 amide bonds. The molecule has 486 valence electrons. The van der Waals surface area contributed by atoms with E-state index in [4.69, 9.17) is 37.0 Å². The van der Waals surface area contributed by atoms with Crippen LogP contribution in [-0.2, 0) is 65.4 Å². The van der Waals surface area contributed by atoms with E-state index in [1.807, 2.05) is 0 Å². The van der Waals surface area contributed by atoms with Crippen molar-refractivity contribution in [3.05, 3.63) is 0 Å². The smallest absolute Gasteiger partial charge is 0.462 e. The Bertz CT molecular complexity index is 1600. The number of hydrogen-bond donors (Lipinski definition) is 3. The van der Waals surface area contributed by atoms with E-state index in [1.165, 1.54) is 128 Å². The van der Waals surface area contributed by atoms with Gasteiger partial charge in [-0.25, -0.2) is 9.13 Å². The van der Waals surface area contributed by atoms with Crippen molar-refractivity contribution < 1.29 is 80.2 Å². The van der Waals surface area contributed by atoms with Crippen LogP contribution in [0.3, 0.4) is 0 Å². The van der Waals surface area contributed by atoms with Crippen LogP contribution in [0.1, 0.15) is 317 Å². The summed E-state index contributed by atoms with van der Waals surface area (Å²) in [4.78, 5) is 72.0. The second-order valence-electron chi connectivity index (χ2n) is 23.3. The molecule has 82 heavy (non-hydrogen) atoms. The summed E-state index contributed by atoms with van der Waals surface area (Å²) in [5.74, 6) is -1.44. The molecule has 0 spiro atoms.